The van der Waals surface area contributed by atoms with Gasteiger partial charge in [0.25, 0.3) is 5.91 Å². The summed E-state index contributed by atoms with van der Waals surface area (Å²) in [6.45, 7) is 2.90. The Morgan fingerprint density at radius 1 is 1.36 bits per heavy atom. The highest BCUT2D eigenvalue weighted by molar-refractivity contribution is 6.36. The van der Waals surface area contributed by atoms with Crippen LogP contribution in [0.15, 0.2) is 10.1 Å². The number of amides is 3. The van der Waals surface area contributed by atoms with E-state index >= 15 is 0 Å². The smallest absolute Gasteiger partial charge is 0.360 e. The quantitative estimate of drug-likeness (QED) is 0.235. The number of amidine groups is 1. The van der Waals surface area contributed by atoms with Gasteiger partial charge in [0.15, 0.2) is 0 Å². The maximum absolute atomic E-state index is 10.3. The molecule has 0 saturated carbocycles. The predicted molar refractivity (Wildman–Crippen MR) is 38.9 cm³/mol. The number of hydrazone groups is 1. The first-order valence-electron chi connectivity index (χ1n) is 2.47. The van der Waals surface area contributed by atoms with Gasteiger partial charge < -0.3 is 11.5 Å². The molecule has 0 aromatic heterocycles. The lowest BCUT2D eigenvalue weighted by molar-refractivity contribution is -0.112. The largest absolute Gasteiger partial charge is 0.378 e. The summed E-state index contributed by atoms with van der Waals surface area (Å²) >= 11 is 0. The second-order valence-electron chi connectivity index (χ2n) is 1.44. The maximum atomic E-state index is 10.3. The fraction of sp³-hybridized carbons (Fsp3) is 0. The van der Waals surface area contributed by atoms with Crippen molar-refractivity contribution in [3.05, 3.63) is 0 Å². The topological polar surface area (TPSA) is 123 Å². The highest BCUT2D eigenvalue weighted by Gasteiger charge is 1.99. The first kappa shape index (κ1) is 9.08. The molecule has 7 heteroatoms. The molecule has 0 rings (SSSR count). The van der Waals surface area contributed by atoms with E-state index in [9.17, 15) is 9.59 Å². The zero-order valence-electron chi connectivity index (χ0n) is 5.57. The average Bonchev–Trinajstić information content (AvgIpc) is 1.99. The lowest BCUT2D eigenvalue weighted by Gasteiger charge is -1.93. The summed E-state index contributed by atoms with van der Waals surface area (Å²) in [5.41, 5.74) is 11.4. The normalized spacial score (nSPS) is 10.4. The molecule has 0 bridgehead atoms. The van der Waals surface area contributed by atoms with Crippen LogP contribution >= 0.6 is 0 Å². The predicted octanol–water partition coefficient (Wildman–Crippen LogP) is -1.85. The number of urea groups is 1. The Labute approximate surface area is 62.1 Å². The van der Waals surface area contributed by atoms with Crippen molar-refractivity contribution in [2.24, 2.45) is 21.6 Å². The average molecular weight is 157 g/mol. The van der Waals surface area contributed by atoms with Gasteiger partial charge >= 0.3 is 6.03 Å². The molecule has 0 spiro atoms. The van der Waals surface area contributed by atoms with Gasteiger partial charge in [-0.25, -0.2) is 15.2 Å². The number of carbonyl (C=O) groups excluding carboxylic acids is 2. The molecule has 0 aliphatic heterocycles. The van der Waals surface area contributed by atoms with Crippen molar-refractivity contribution in [2.45, 2.75) is 0 Å². The minimum atomic E-state index is -0.922. The van der Waals surface area contributed by atoms with E-state index in [2.05, 4.69) is 22.5 Å². The third-order valence-corrected chi connectivity index (χ3v) is 0.668. The number of hydrogen-bond donors (Lipinski definition) is 3. The van der Waals surface area contributed by atoms with Crippen molar-refractivity contribution in [3.63, 3.8) is 0 Å². The number of rotatable bonds is 1. The number of aliphatic imine (C=N–C) groups is 1. The lowest BCUT2D eigenvalue weighted by atomic mass is 10.6. The zero-order chi connectivity index (χ0) is 8.85. The molecule has 0 aliphatic rings. The number of carbonyl (C=O) groups is 2. The second kappa shape index (κ2) is 3.99. The standard InChI is InChI=1S/C4H7N5O2/c1-7-4(11)9-8-2(5)3(6)10/h1H2,(H2,5,8)(H2,6,10)(H,9,11). The van der Waals surface area contributed by atoms with Crippen LogP contribution in [0.3, 0.4) is 0 Å². The van der Waals surface area contributed by atoms with E-state index < -0.39 is 17.8 Å². The fourth-order valence-electron chi connectivity index (χ4n) is 0.198. The van der Waals surface area contributed by atoms with Crippen LogP contribution in [-0.4, -0.2) is 24.5 Å². The first-order chi connectivity index (χ1) is 5.07. The van der Waals surface area contributed by atoms with Gasteiger partial charge in [-0.05, 0) is 6.72 Å². The molecule has 7 nitrogen and oxygen atoms in total. The SMILES string of the molecule is C=NC(=O)N/N=C(\N)C(N)=O. The van der Waals surface area contributed by atoms with Crippen LogP contribution in [0.25, 0.3) is 0 Å². The molecule has 0 unspecified atom stereocenters. The molecule has 3 amide bonds. The third-order valence-electron chi connectivity index (χ3n) is 0.668. The van der Waals surface area contributed by atoms with Crippen LogP contribution in [0.5, 0.6) is 0 Å². The Morgan fingerprint density at radius 2 is 1.91 bits per heavy atom. The van der Waals surface area contributed by atoms with Gasteiger partial charge in [0.2, 0.25) is 5.84 Å². The Balaban J connectivity index is 4.02. The van der Waals surface area contributed by atoms with E-state index in [1.54, 1.807) is 0 Å². The van der Waals surface area contributed by atoms with Crippen molar-refractivity contribution in [1.82, 2.24) is 5.43 Å². The molecule has 0 fully saturated rings. The molecule has 60 valence electrons. The van der Waals surface area contributed by atoms with Gasteiger partial charge in [0, 0.05) is 0 Å². The van der Waals surface area contributed by atoms with Gasteiger partial charge in [-0.2, -0.15) is 0 Å². The summed E-state index contributed by atoms with van der Waals surface area (Å²) in [5, 5.41) is 3.08. The Morgan fingerprint density at radius 3 is 2.27 bits per heavy atom. The minimum Gasteiger partial charge on any atom is -0.378 e. The Bertz CT molecular complexity index is 221. The van der Waals surface area contributed by atoms with E-state index in [4.69, 9.17) is 5.73 Å². The Hall–Kier alpha value is -1.92. The van der Waals surface area contributed by atoms with Crippen molar-refractivity contribution >= 4 is 24.5 Å². The molecular formula is C4H7N5O2. The van der Waals surface area contributed by atoms with Gasteiger partial charge in [-0.1, -0.05) is 0 Å². The van der Waals surface area contributed by atoms with Crippen LogP contribution in [0.4, 0.5) is 4.79 Å². The summed E-state index contributed by atoms with van der Waals surface area (Å²) in [5.74, 6) is -1.42. The summed E-state index contributed by atoms with van der Waals surface area (Å²) < 4.78 is 0. The van der Waals surface area contributed by atoms with Gasteiger partial charge in [0.1, 0.15) is 0 Å². The minimum absolute atomic E-state index is 0.498. The molecule has 0 heterocycles. The fourth-order valence-corrected chi connectivity index (χ4v) is 0.198. The van der Waals surface area contributed by atoms with E-state index in [0.29, 0.717) is 0 Å². The highest BCUT2D eigenvalue weighted by Crippen LogP contribution is 1.70. The van der Waals surface area contributed by atoms with Gasteiger partial charge in [-0.3, -0.25) is 4.79 Å². The number of nitrogens with one attached hydrogen (secondary N) is 1. The van der Waals surface area contributed by atoms with Crippen LogP contribution in [0.1, 0.15) is 0 Å². The molecular weight excluding hydrogens is 150 g/mol. The van der Waals surface area contributed by atoms with E-state index in [1.165, 1.54) is 0 Å². The van der Waals surface area contributed by atoms with Crippen LogP contribution in [0, 0.1) is 0 Å². The van der Waals surface area contributed by atoms with Gasteiger partial charge in [-0.15, -0.1) is 5.10 Å². The van der Waals surface area contributed by atoms with Crippen LogP contribution < -0.4 is 16.9 Å². The molecule has 0 aromatic carbocycles. The number of nitrogens with zero attached hydrogens (tertiary/aromatic N) is 2. The molecule has 0 saturated heterocycles. The van der Waals surface area contributed by atoms with Crippen molar-refractivity contribution in [2.75, 3.05) is 0 Å². The molecule has 0 aromatic rings. The van der Waals surface area contributed by atoms with E-state index in [1.807, 2.05) is 5.43 Å². The summed E-state index contributed by atoms with van der Waals surface area (Å²) in [6, 6.07) is -0.811. The number of nitrogens with two attached hydrogens (primary N) is 2. The van der Waals surface area contributed by atoms with Crippen LogP contribution in [0.2, 0.25) is 0 Å². The van der Waals surface area contributed by atoms with Crippen molar-refractivity contribution in [3.8, 4) is 0 Å². The Kier molecular flexibility index (Phi) is 3.29. The van der Waals surface area contributed by atoms with E-state index in [-0.39, 0.29) is 0 Å². The number of hydrogen-bond acceptors (Lipinski definition) is 3. The summed E-state index contributed by atoms with van der Waals surface area (Å²) in [4.78, 5) is 23.4. The third kappa shape index (κ3) is 3.62. The van der Waals surface area contributed by atoms with Crippen molar-refractivity contribution < 1.29 is 9.59 Å². The zero-order valence-corrected chi connectivity index (χ0v) is 5.57. The molecule has 0 atom stereocenters. The molecule has 0 aliphatic carbocycles. The van der Waals surface area contributed by atoms with Gasteiger partial charge in [0.05, 0.1) is 0 Å². The first-order valence-corrected chi connectivity index (χ1v) is 2.47. The molecule has 5 N–H and O–H groups in total. The maximum Gasteiger partial charge on any atom is 0.360 e. The molecule has 11 heavy (non-hydrogen) atoms. The monoisotopic (exact) mass is 157 g/mol. The summed E-state index contributed by atoms with van der Waals surface area (Å²) in [7, 11) is 0. The highest BCUT2D eigenvalue weighted by atomic mass is 16.2. The van der Waals surface area contributed by atoms with Crippen molar-refractivity contribution in [1.29, 1.82) is 0 Å². The number of primary amides is 1. The van der Waals surface area contributed by atoms with Crippen LogP contribution in [-0.2, 0) is 4.79 Å². The van der Waals surface area contributed by atoms with E-state index in [0.717, 1.165) is 0 Å². The summed E-state index contributed by atoms with van der Waals surface area (Å²) in [6.07, 6.45) is 0. The lowest BCUT2D eigenvalue weighted by Crippen LogP contribution is -2.33. The second-order valence-corrected chi connectivity index (χ2v) is 1.44. The molecule has 0 radical (unpaired) electrons.